The number of fused-ring (bicyclic) bond motifs is 13. The van der Waals surface area contributed by atoms with Gasteiger partial charge in [0.25, 0.3) is 0 Å². The third-order valence-corrected chi connectivity index (χ3v) is 15.0. The summed E-state index contributed by atoms with van der Waals surface area (Å²) in [6.45, 7) is 0. The Morgan fingerprint density at radius 1 is 0.303 bits per heavy atom. The van der Waals surface area contributed by atoms with Crippen LogP contribution in [0.15, 0.2) is 252 Å². The van der Waals surface area contributed by atoms with Crippen LogP contribution in [-0.4, -0.2) is 29.1 Å². The molecule has 6 heterocycles. The number of para-hydroxylation sites is 5. The lowest BCUT2D eigenvalue weighted by Crippen LogP contribution is -2.02. The van der Waals surface area contributed by atoms with Gasteiger partial charge in [0, 0.05) is 94.5 Å². The van der Waals surface area contributed by atoms with E-state index in [9.17, 15) is 0 Å². The predicted octanol–water partition coefficient (Wildman–Crippen LogP) is 17.6. The molecule has 0 radical (unpaired) electrons. The Labute approximate surface area is 434 Å². The van der Waals surface area contributed by atoms with Crippen molar-refractivity contribution in [1.82, 2.24) is 29.1 Å². The van der Waals surface area contributed by atoms with Crippen molar-refractivity contribution in [3.8, 4) is 67.9 Å². The monoisotopic (exact) mass is 972 g/mol. The Kier molecular flexibility index (Phi) is 9.17. The summed E-state index contributed by atoms with van der Waals surface area (Å²) in [4.78, 5) is 21.2. The van der Waals surface area contributed by atoms with Crippen molar-refractivity contribution in [1.29, 1.82) is 0 Å². The van der Waals surface area contributed by atoms with Gasteiger partial charge in [0.2, 0.25) is 0 Å². The van der Waals surface area contributed by atoms with E-state index in [1.54, 1.807) is 0 Å². The minimum absolute atomic E-state index is 0.484. The number of pyridine rings is 1. The van der Waals surface area contributed by atoms with Gasteiger partial charge in [-0.1, -0.05) is 158 Å². The zero-order chi connectivity index (χ0) is 49.8. The summed E-state index contributed by atoms with van der Waals surface area (Å²) < 4.78 is 18.6. The molecule has 0 N–H and O–H groups in total. The summed E-state index contributed by atoms with van der Waals surface area (Å²) in [5.74, 6) is 1.60. The van der Waals surface area contributed by atoms with E-state index < -0.39 is 0 Å². The molecule has 0 aliphatic carbocycles. The van der Waals surface area contributed by atoms with Crippen LogP contribution in [0.1, 0.15) is 0 Å². The molecule has 0 bridgehead atoms. The molecule has 0 aliphatic heterocycles. The molecule has 16 aromatic rings. The largest absolute Gasteiger partial charge is 0.456 e. The SMILES string of the molecule is c1ccc(-c2nc(-c3ccccc3)nc(-c3cc(-c4cccc5oc6cc7c(cc6c45)c4ccccc4n7-c4ccccc4)cnc3-c3cccc4c3oc3ccc5c(c6ccccc6n5-c5ccccc5)c34)n2)cc1. The van der Waals surface area contributed by atoms with E-state index >= 15 is 0 Å². The molecule has 10 aromatic carbocycles. The fourth-order valence-corrected chi connectivity index (χ4v) is 11.7. The molecular formula is C68H40N6O2. The highest BCUT2D eigenvalue weighted by atomic mass is 16.3. The molecule has 0 fully saturated rings. The van der Waals surface area contributed by atoms with Gasteiger partial charge < -0.3 is 18.0 Å². The Morgan fingerprint density at radius 3 is 1.58 bits per heavy atom. The predicted molar refractivity (Wildman–Crippen MR) is 308 cm³/mol. The number of nitrogens with zero attached hydrogens (tertiary/aromatic N) is 6. The van der Waals surface area contributed by atoms with E-state index in [-0.39, 0.29) is 0 Å². The smallest absolute Gasteiger partial charge is 0.166 e. The van der Waals surface area contributed by atoms with Crippen LogP contribution < -0.4 is 0 Å². The number of hydrogen-bond acceptors (Lipinski definition) is 6. The van der Waals surface area contributed by atoms with E-state index in [1.807, 2.05) is 66.9 Å². The van der Waals surface area contributed by atoms with Gasteiger partial charge >= 0.3 is 0 Å². The molecule has 8 heteroatoms. The Balaban J connectivity index is 0.959. The van der Waals surface area contributed by atoms with Gasteiger partial charge in [-0.25, -0.2) is 15.0 Å². The minimum Gasteiger partial charge on any atom is -0.456 e. The molecule has 0 saturated carbocycles. The fraction of sp³-hybridized carbons (Fsp3) is 0. The third kappa shape index (κ3) is 6.37. The molecule has 16 rings (SSSR count). The number of aromatic nitrogens is 6. The zero-order valence-electron chi connectivity index (χ0n) is 40.6. The standard InChI is InChI=1S/C68H40N6O2/c1-5-19-41(20-6-1)66-70-67(42-21-7-2-8-22-42)72-68(71-66)53-37-43(46-29-18-34-58-61(46)52-38-51-47-27-13-15-32-54(47)74(45-25-11-4-12-26-45)57(51)39-60(52)75-58)40-69-64(53)50-31-17-30-49-63-59(76-65(49)50)36-35-56-62(63)48-28-14-16-33-55(48)73(56)44-23-9-3-10-24-44/h1-40H. The highest BCUT2D eigenvalue weighted by Gasteiger charge is 2.25. The Hall–Kier alpha value is -10.4. The van der Waals surface area contributed by atoms with E-state index in [4.69, 9.17) is 28.8 Å². The van der Waals surface area contributed by atoms with Crippen LogP contribution in [0.5, 0.6) is 0 Å². The summed E-state index contributed by atoms with van der Waals surface area (Å²) in [7, 11) is 0. The molecule has 8 nitrogen and oxygen atoms in total. The summed E-state index contributed by atoms with van der Waals surface area (Å²) in [5.41, 5.74) is 15.6. The molecule has 0 saturated heterocycles. The zero-order valence-corrected chi connectivity index (χ0v) is 40.6. The average molecular weight is 973 g/mol. The second-order valence-corrected chi connectivity index (χ2v) is 19.3. The lowest BCUT2D eigenvalue weighted by molar-refractivity contribution is 0.669. The van der Waals surface area contributed by atoms with Crippen molar-refractivity contribution >= 4 is 87.5 Å². The third-order valence-electron chi connectivity index (χ3n) is 15.0. The summed E-state index contributed by atoms with van der Waals surface area (Å²) in [6.07, 6.45) is 1.97. The number of furan rings is 2. The second kappa shape index (κ2) is 16.5. The maximum Gasteiger partial charge on any atom is 0.166 e. The average Bonchev–Trinajstić information content (AvgIpc) is 4.29. The molecule has 354 valence electrons. The summed E-state index contributed by atoms with van der Waals surface area (Å²) >= 11 is 0. The van der Waals surface area contributed by atoms with E-state index in [0.717, 1.165) is 127 Å². The van der Waals surface area contributed by atoms with E-state index in [2.05, 4.69) is 185 Å². The van der Waals surface area contributed by atoms with Gasteiger partial charge in [-0.05, 0) is 78.4 Å². The molecule has 6 aromatic heterocycles. The number of hydrogen-bond donors (Lipinski definition) is 0. The van der Waals surface area contributed by atoms with Crippen molar-refractivity contribution in [2.24, 2.45) is 0 Å². The van der Waals surface area contributed by atoms with Gasteiger partial charge in [0.1, 0.15) is 22.3 Å². The Bertz CT molecular complexity index is 4920. The number of rotatable bonds is 7. The van der Waals surface area contributed by atoms with Crippen LogP contribution in [0, 0.1) is 0 Å². The molecule has 0 aliphatic rings. The highest BCUT2D eigenvalue weighted by molar-refractivity contribution is 6.28. The molecule has 76 heavy (non-hydrogen) atoms. The quantitative estimate of drug-likeness (QED) is 0.158. The van der Waals surface area contributed by atoms with Crippen LogP contribution in [0.2, 0.25) is 0 Å². The normalized spacial score (nSPS) is 11.9. The Morgan fingerprint density at radius 2 is 0.868 bits per heavy atom. The minimum atomic E-state index is 0.484. The van der Waals surface area contributed by atoms with Crippen LogP contribution in [0.3, 0.4) is 0 Å². The van der Waals surface area contributed by atoms with Crippen molar-refractivity contribution < 1.29 is 8.83 Å². The maximum absolute atomic E-state index is 7.08. The van der Waals surface area contributed by atoms with Crippen molar-refractivity contribution in [3.63, 3.8) is 0 Å². The lowest BCUT2D eigenvalue weighted by atomic mass is 9.95. The van der Waals surface area contributed by atoms with Crippen molar-refractivity contribution in [3.05, 3.63) is 243 Å². The van der Waals surface area contributed by atoms with Gasteiger partial charge in [-0.15, -0.1) is 0 Å². The highest BCUT2D eigenvalue weighted by Crippen LogP contribution is 2.47. The molecule has 0 unspecified atom stereocenters. The summed E-state index contributed by atoms with van der Waals surface area (Å²) in [5, 5.41) is 8.66. The first-order valence-corrected chi connectivity index (χ1v) is 25.4. The molecule has 0 atom stereocenters. The van der Waals surface area contributed by atoms with Crippen LogP contribution in [0.25, 0.3) is 155 Å². The van der Waals surface area contributed by atoms with Crippen molar-refractivity contribution in [2.75, 3.05) is 0 Å². The first-order valence-electron chi connectivity index (χ1n) is 25.4. The molecule has 0 spiro atoms. The lowest BCUT2D eigenvalue weighted by Gasteiger charge is -2.14. The summed E-state index contributed by atoms with van der Waals surface area (Å²) in [6, 6.07) is 82.1. The maximum atomic E-state index is 7.08. The van der Waals surface area contributed by atoms with Gasteiger partial charge in [-0.2, -0.15) is 0 Å². The van der Waals surface area contributed by atoms with Gasteiger partial charge in [-0.3, -0.25) is 4.98 Å². The number of benzene rings is 10. The molecule has 0 amide bonds. The van der Waals surface area contributed by atoms with Crippen LogP contribution >= 0.6 is 0 Å². The first-order chi connectivity index (χ1) is 37.7. The molecular weight excluding hydrogens is 933 g/mol. The van der Waals surface area contributed by atoms with Crippen LogP contribution in [-0.2, 0) is 0 Å². The van der Waals surface area contributed by atoms with Crippen molar-refractivity contribution in [2.45, 2.75) is 0 Å². The first kappa shape index (κ1) is 42.1. The second-order valence-electron chi connectivity index (χ2n) is 19.3. The fourth-order valence-electron chi connectivity index (χ4n) is 11.7. The van der Waals surface area contributed by atoms with Crippen LogP contribution in [0.4, 0.5) is 0 Å². The van der Waals surface area contributed by atoms with Gasteiger partial charge in [0.05, 0.1) is 27.8 Å². The topological polar surface area (TPSA) is 87.7 Å². The van der Waals surface area contributed by atoms with E-state index in [0.29, 0.717) is 23.2 Å². The van der Waals surface area contributed by atoms with Gasteiger partial charge in [0.15, 0.2) is 17.5 Å². The van der Waals surface area contributed by atoms with E-state index in [1.165, 1.54) is 5.39 Å².